The Balaban J connectivity index is 1.57. The van der Waals surface area contributed by atoms with Crippen LogP contribution in [0.2, 0.25) is 0 Å². The first-order valence-corrected chi connectivity index (χ1v) is 7.27. The van der Waals surface area contributed by atoms with Gasteiger partial charge in [-0.05, 0) is 31.0 Å². The van der Waals surface area contributed by atoms with Crippen LogP contribution in [0.15, 0.2) is 36.7 Å². The molecular formula is C15H18FN5O. The molecule has 0 unspecified atom stereocenters. The van der Waals surface area contributed by atoms with Crippen molar-refractivity contribution < 1.29 is 9.18 Å². The molecule has 0 bridgehead atoms. The van der Waals surface area contributed by atoms with Crippen LogP contribution in [0, 0.1) is 5.82 Å². The van der Waals surface area contributed by atoms with Gasteiger partial charge >= 0.3 is 6.03 Å². The van der Waals surface area contributed by atoms with E-state index < -0.39 is 0 Å². The highest BCUT2D eigenvalue weighted by atomic mass is 19.1. The van der Waals surface area contributed by atoms with Gasteiger partial charge in [0, 0.05) is 31.0 Å². The summed E-state index contributed by atoms with van der Waals surface area (Å²) in [5.74, 6) is -0.245. The Bertz CT molecular complexity index is 631. The standard InChI is InChI=1S/C15H18FN5O/c16-11-3-1-5-14(7-11)21-6-2-4-12(10-21)19-15(22)20-13-8-17-18-9-13/h1,3,5,7-9,12H,2,4,6,10H2,(H,17,18)(H2,19,20,22)/t12-/m1/s1. The summed E-state index contributed by atoms with van der Waals surface area (Å²) in [5, 5.41) is 12.1. The number of anilines is 2. The molecule has 0 aliphatic carbocycles. The SMILES string of the molecule is O=C(Nc1cn[nH]c1)N[C@@H]1CCCN(c2cccc(F)c2)C1. The van der Waals surface area contributed by atoms with Gasteiger partial charge in [0.15, 0.2) is 0 Å². The van der Waals surface area contributed by atoms with Gasteiger partial charge in [-0.1, -0.05) is 6.07 Å². The second kappa shape index (κ2) is 6.46. The molecule has 6 nitrogen and oxygen atoms in total. The maximum atomic E-state index is 13.3. The molecule has 2 amide bonds. The first-order valence-electron chi connectivity index (χ1n) is 7.27. The predicted octanol–water partition coefficient (Wildman–Crippen LogP) is 2.34. The number of piperidine rings is 1. The van der Waals surface area contributed by atoms with E-state index in [1.807, 2.05) is 6.07 Å². The van der Waals surface area contributed by atoms with Gasteiger partial charge in [-0.3, -0.25) is 5.10 Å². The summed E-state index contributed by atoms with van der Waals surface area (Å²) in [6, 6.07) is 6.32. The lowest BCUT2D eigenvalue weighted by atomic mass is 10.1. The van der Waals surface area contributed by atoms with Gasteiger partial charge in [0.1, 0.15) is 5.82 Å². The summed E-state index contributed by atoms with van der Waals surface area (Å²) in [4.78, 5) is 14.0. The Morgan fingerprint density at radius 1 is 1.45 bits per heavy atom. The van der Waals surface area contributed by atoms with E-state index in [9.17, 15) is 9.18 Å². The van der Waals surface area contributed by atoms with Crippen LogP contribution in [0.4, 0.5) is 20.6 Å². The molecule has 7 heteroatoms. The van der Waals surface area contributed by atoms with Crippen LogP contribution in [0.5, 0.6) is 0 Å². The maximum absolute atomic E-state index is 13.3. The Labute approximate surface area is 127 Å². The molecule has 0 saturated carbocycles. The summed E-state index contributed by atoms with van der Waals surface area (Å²) >= 11 is 0. The van der Waals surface area contributed by atoms with Gasteiger partial charge in [-0.15, -0.1) is 0 Å². The monoisotopic (exact) mass is 303 g/mol. The zero-order valence-electron chi connectivity index (χ0n) is 12.1. The molecule has 1 aliphatic heterocycles. The summed E-state index contributed by atoms with van der Waals surface area (Å²) in [6.45, 7) is 1.53. The van der Waals surface area contributed by atoms with Crippen LogP contribution in [-0.2, 0) is 0 Å². The third kappa shape index (κ3) is 3.55. The summed E-state index contributed by atoms with van der Waals surface area (Å²) < 4.78 is 13.3. The second-order valence-corrected chi connectivity index (χ2v) is 5.35. The number of benzene rings is 1. The number of urea groups is 1. The van der Waals surface area contributed by atoms with E-state index in [2.05, 4.69) is 25.7 Å². The van der Waals surface area contributed by atoms with Crippen molar-refractivity contribution in [2.24, 2.45) is 0 Å². The molecule has 2 heterocycles. The normalized spacial score (nSPS) is 18.0. The number of amides is 2. The van der Waals surface area contributed by atoms with Crippen LogP contribution < -0.4 is 15.5 Å². The number of aromatic amines is 1. The van der Waals surface area contributed by atoms with E-state index in [0.29, 0.717) is 12.2 Å². The molecule has 3 rings (SSSR count). The second-order valence-electron chi connectivity index (χ2n) is 5.35. The minimum absolute atomic E-state index is 0.0314. The minimum Gasteiger partial charge on any atom is -0.369 e. The van der Waals surface area contributed by atoms with Gasteiger partial charge in [0.25, 0.3) is 0 Å². The number of nitrogens with one attached hydrogen (secondary N) is 3. The zero-order chi connectivity index (χ0) is 15.4. The van der Waals surface area contributed by atoms with Crippen LogP contribution in [0.3, 0.4) is 0 Å². The third-order valence-electron chi connectivity index (χ3n) is 3.69. The molecule has 1 fully saturated rings. The molecule has 2 aromatic rings. The fourth-order valence-electron chi connectivity index (χ4n) is 2.67. The van der Waals surface area contributed by atoms with E-state index in [0.717, 1.165) is 25.1 Å². The van der Waals surface area contributed by atoms with Crippen molar-refractivity contribution in [1.82, 2.24) is 15.5 Å². The zero-order valence-corrected chi connectivity index (χ0v) is 12.1. The van der Waals surface area contributed by atoms with Crippen LogP contribution >= 0.6 is 0 Å². The van der Waals surface area contributed by atoms with E-state index in [1.54, 1.807) is 18.5 Å². The topological polar surface area (TPSA) is 73.0 Å². The molecule has 1 aromatic carbocycles. The van der Waals surface area contributed by atoms with Gasteiger partial charge in [0.2, 0.25) is 0 Å². The Hall–Kier alpha value is -2.57. The highest BCUT2D eigenvalue weighted by Gasteiger charge is 2.22. The van der Waals surface area contributed by atoms with Crippen molar-refractivity contribution in [2.75, 3.05) is 23.3 Å². The highest BCUT2D eigenvalue weighted by Crippen LogP contribution is 2.20. The fraction of sp³-hybridized carbons (Fsp3) is 0.333. The minimum atomic E-state index is -0.257. The first-order chi connectivity index (χ1) is 10.7. The fourth-order valence-corrected chi connectivity index (χ4v) is 2.67. The van der Waals surface area contributed by atoms with Gasteiger partial charge < -0.3 is 15.5 Å². The maximum Gasteiger partial charge on any atom is 0.319 e. The van der Waals surface area contributed by atoms with Crippen molar-refractivity contribution in [3.05, 3.63) is 42.5 Å². The van der Waals surface area contributed by atoms with E-state index in [-0.39, 0.29) is 17.9 Å². The number of hydrogen-bond acceptors (Lipinski definition) is 3. The van der Waals surface area contributed by atoms with Gasteiger partial charge in [0.05, 0.1) is 11.9 Å². The van der Waals surface area contributed by atoms with E-state index >= 15 is 0 Å². The van der Waals surface area contributed by atoms with Crippen LogP contribution in [0.25, 0.3) is 0 Å². The van der Waals surface area contributed by atoms with Crippen molar-refractivity contribution in [2.45, 2.75) is 18.9 Å². The summed E-state index contributed by atoms with van der Waals surface area (Å²) in [5.41, 5.74) is 1.47. The molecule has 0 spiro atoms. The number of carbonyl (C=O) groups excluding carboxylic acids is 1. The summed E-state index contributed by atoms with van der Waals surface area (Å²) in [7, 11) is 0. The average Bonchev–Trinajstić information content (AvgIpc) is 3.00. The molecule has 22 heavy (non-hydrogen) atoms. The number of halogens is 1. The smallest absolute Gasteiger partial charge is 0.319 e. The predicted molar refractivity (Wildman–Crippen MR) is 82.4 cm³/mol. The number of nitrogens with zero attached hydrogens (tertiary/aromatic N) is 2. The lowest BCUT2D eigenvalue weighted by molar-refractivity contribution is 0.246. The molecule has 1 aromatic heterocycles. The molecule has 1 aliphatic rings. The molecule has 1 atom stereocenters. The molecule has 0 radical (unpaired) electrons. The third-order valence-corrected chi connectivity index (χ3v) is 3.69. The van der Waals surface area contributed by atoms with E-state index in [4.69, 9.17) is 0 Å². The first kappa shape index (κ1) is 14.4. The van der Waals surface area contributed by atoms with Crippen LogP contribution in [0.1, 0.15) is 12.8 Å². The number of H-pyrrole nitrogens is 1. The summed E-state index contributed by atoms with van der Waals surface area (Å²) in [6.07, 6.45) is 5.01. The highest BCUT2D eigenvalue weighted by molar-refractivity contribution is 5.89. The Morgan fingerprint density at radius 3 is 3.14 bits per heavy atom. The number of aromatic nitrogens is 2. The Morgan fingerprint density at radius 2 is 2.36 bits per heavy atom. The number of hydrogen-bond donors (Lipinski definition) is 3. The molecule has 1 saturated heterocycles. The quantitative estimate of drug-likeness (QED) is 0.815. The van der Waals surface area contributed by atoms with E-state index in [1.165, 1.54) is 12.1 Å². The lowest BCUT2D eigenvalue weighted by Crippen LogP contribution is -2.49. The Kier molecular flexibility index (Phi) is 4.22. The van der Waals surface area contributed by atoms with Crippen molar-refractivity contribution in [3.63, 3.8) is 0 Å². The average molecular weight is 303 g/mol. The lowest BCUT2D eigenvalue weighted by Gasteiger charge is -2.34. The number of carbonyl (C=O) groups is 1. The van der Waals surface area contributed by atoms with Crippen molar-refractivity contribution in [1.29, 1.82) is 0 Å². The van der Waals surface area contributed by atoms with Crippen molar-refractivity contribution >= 4 is 17.4 Å². The van der Waals surface area contributed by atoms with Crippen molar-refractivity contribution in [3.8, 4) is 0 Å². The number of rotatable bonds is 3. The van der Waals surface area contributed by atoms with Crippen LogP contribution in [-0.4, -0.2) is 35.4 Å². The van der Waals surface area contributed by atoms with Gasteiger partial charge in [-0.2, -0.15) is 5.10 Å². The molecule has 116 valence electrons. The molecular weight excluding hydrogens is 285 g/mol. The molecule has 3 N–H and O–H groups in total. The largest absolute Gasteiger partial charge is 0.369 e. The van der Waals surface area contributed by atoms with Gasteiger partial charge in [-0.25, -0.2) is 9.18 Å².